The van der Waals surface area contributed by atoms with Crippen LogP contribution in [-0.2, 0) is 9.53 Å². The van der Waals surface area contributed by atoms with Gasteiger partial charge in [-0.25, -0.2) is 4.79 Å². The molecular formula is C11H23N3O3. The highest BCUT2D eigenvalue weighted by atomic mass is 16.6. The number of nitrogens with zero attached hydrogens (tertiary/aromatic N) is 1. The second-order valence-electron chi connectivity index (χ2n) is 4.81. The number of carbonyl (C=O) groups excluding carboxylic acids is 2. The van der Waals surface area contributed by atoms with Crippen molar-refractivity contribution in [3.63, 3.8) is 0 Å². The van der Waals surface area contributed by atoms with Crippen molar-refractivity contribution >= 4 is 12.0 Å². The molecule has 0 fully saturated rings. The largest absolute Gasteiger partial charge is 0.444 e. The number of hydrogen-bond donors (Lipinski definition) is 2. The molecule has 0 aliphatic heterocycles. The van der Waals surface area contributed by atoms with Crippen molar-refractivity contribution < 1.29 is 14.3 Å². The SMILES string of the molecule is CN(CCCNC(=O)CN)C(=O)OC(C)(C)C. The maximum Gasteiger partial charge on any atom is 0.410 e. The maximum atomic E-state index is 11.5. The van der Waals surface area contributed by atoms with E-state index >= 15 is 0 Å². The van der Waals surface area contributed by atoms with E-state index in [0.717, 1.165) is 0 Å². The van der Waals surface area contributed by atoms with Gasteiger partial charge < -0.3 is 20.7 Å². The van der Waals surface area contributed by atoms with E-state index in [1.807, 2.05) is 20.8 Å². The molecule has 0 spiro atoms. The summed E-state index contributed by atoms with van der Waals surface area (Å²) in [7, 11) is 1.67. The molecule has 6 heteroatoms. The van der Waals surface area contributed by atoms with Crippen LogP contribution in [0.15, 0.2) is 0 Å². The summed E-state index contributed by atoms with van der Waals surface area (Å²) in [5.74, 6) is -0.190. The van der Waals surface area contributed by atoms with Gasteiger partial charge in [-0.15, -0.1) is 0 Å². The van der Waals surface area contributed by atoms with Gasteiger partial charge in [0.05, 0.1) is 6.54 Å². The van der Waals surface area contributed by atoms with Crippen molar-refractivity contribution in [2.75, 3.05) is 26.7 Å². The van der Waals surface area contributed by atoms with Crippen LogP contribution in [0.4, 0.5) is 4.79 Å². The first-order valence-corrected chi connectivity index (χ1v) is 5.67. The number of amides is 2. The Bertz CT molecular complexity index is 261. The summed E-state index contributed by atoms with van der Waals surface area (Å²) in [6.45, 7) is 6.48. The molecule has 0 saturated carbocycles. The zero-order valence-corrected chi connectivity index (χ0v) is 11.1. The van der Waals surface area contributed by atoms with Crippen LogP contribution in [0.25, 0.3) is 0 Å². The highest BCUT2D eigenvalue weighted by molar-refractivity contribution is 5.77. The van der Waals surface area contributed by atoms with Gasteiger partial charge in [-0.05, 0) is 27.2 Å². The van der Waals surface area contributed by atoms with Gasteiger partial charge in [-0.1, -0.05) is 0 Å². The van der Waals surface area contributed by atoms with E-state index in [1.165, 1.54) is 4.90 Å². The molecule has 2 amide bonds. The lowest BCUT2D eigenvalue weighted by molar-refractivity contribution is -0.119. The van der Waals surface area contributed by atoms with Crippen LogP contribution in [0.5, 0.6) is 0 Å². The third-order valence-corrected chi connectivity index (χ3v) is 1.88. The Morgan fingerprint density at radius 3 is 2.41 bits per heavy atom. The smallest absolute Gasteiger partial charge is 0.410 e. The quantitative estimate of drug-likeness (QED) is 0.683. The van der Waals surface area contributed by atoms with E-state index in [4.69, 9.17) is 10.5 Å². The van der Waals surface area contributed by atoms with Crippen LogP contribution in [-0.4, -0.2) is 49.2 Å². The monoisotopic (exact) mass is 245 g/mol. The van der Waals surface area contributed by atoms with Gasteiger partial charge in [0, 0.05) is 20.1 Å². The first kappa shape index (κ1) is 15.7. The molecule has 0 heterocycles. The predicted molar refractivity (Wildman–Crippen MR) is 65.5 cm³/mol. The lowest BCUT2D eigenvalue weighted by atomic mass is 10.2. The minimum atomic E-state index is -0.487. The Morgan fingerprint density at radius 1 is 1.35 bits per heavy atom. The van der Waals surface area contributed by atoms with Crippen molar-refractivity contribution in [3.8, 4) is 0 Å². The van der Waals surface area contributed by atoms with Crippen LogP contribution in [0.1, 0.15) is 27.2 Å². The van der Waals surface area contributed by atoms with Crippen molar-refractivity contribution in [3.05, 3.63) is 0 Å². The third-order valence-electron chi connectivity index (χ3n) is 1.88. The van der Waals surface area contributed by atoms with E-state index < -0.39 is 5.60 Å². The average Bonchev–Trinajstić information content (AvgIpc) is 2.21. The molecule has 100 valence electrons. The first-order valence-electron chi connectivity index (χ1n) is 5.67. The molecule has 0 atom stereocenters. The Labute approximate surface area is 102 Å². The first-order chi connectivity index (χ1) is 7.76. The number of nitrogens with one attached hydrogen (secondary N) is 1. The molecule has 0 aromatic rings. The molecular weight excluding hydrogens is 222 g/mol. The molecule has 3 N–H and O–H groups in total. The van der Waals surface area contributed by atoms with Gasteiger partial charge in [0.25, 0.3) is 0 Å². The maximum absolute atomic E-state index is 11.5. The molecule has 17 heavy (non-hydrogen) atoms. The molecule has 0 radical (unpaired) electrons. The lowest BCUT2D eigenvalue weighted by Gasteiger charge is -2.24. The van der Waals surface area contributed by atoms with E-state index in [2.05, 4.69) is 5.32 Å². The van der Waals surface area contributed by atoms with Gasteiger partial charge in [-0.3, -0.25) is 4.79 Å². The average molecular weight is 245 g/mol. The second kappa shape index (κ2) is 7.11. The summed E-state index contributed by atoms with van der Waals surface area (Å²) in [5, 5.41) is 2.63. The standard InChI is InChI=1S/C11H23N3O3/c1-11(2,3)17-10(16)14(4)7-5-6-13-9(15)8-12/h5-8,12H2,1-4H3,(H,13,15). The Balaban J connectivity index is 3.75. The summed E-state index contributed by atoms with van der Waals surface area (Å²) in [6, 6.07) is 0. The van der Waals surface area contributed by atoms with Gasteiger partial charge in [0.1, 0.15) is 5.60 Å². The molecule has 0 aromatic heterocycles. The van der Waals surface area contributed by atoms with E-state index in [0.29, 0.717) is 19.5 Å². The highest BCUT2D eigenvalue weighted by Gasteiger charge is 2.18. The molecule has 0 aliphatic carbocycles. The number of carbonyl (C=O) groups is 2. The van der Waals surface area contributed by atoms with Crippen molar-refractivity contribution in [2.45, 2.75) is 32.8 Å². The molecule has 0 aromatic carbocycles. The summed E-state index contributed by atoms with van der Waals surface area (Å²) in [6.07, 6.45) is 0.309. The molecule has 0 unspecified atom stereocenters. The Morgan fingerprint density at radius 2 is 1.94 bits per heavy atom. The number of ether oxygens (including phenoxy) is 1. The minimum absolute atomic E-state index is 0.0120. The number of rotatable bonds is 5. The van der Waals surface area contributed by atoms with Gasteiger partial charge >= 0.3 is 6.09 Å². The van der Waals surface area contributed by atoms with E-state index in [9.17, 15) is 9.59 Å². The normalized spacial score (nSPS) is 10.9. The lowest BCUT2D eigenvalue weighted by Crippen LogP contribution is -2.36. The zero-order valence-electron chi connectivity index (χ0n) is 11.1. The minimum Gasteiger partial charge on any atom is -0.444 e. The summed E-state index contributed by atoms with van der Waals surface area (Å²) in [5.41, 5.74) is 4.65. The number of nitrogens with two attached hydrogens (primary N) is 1. The molecule has 0 aliphatic rings. The summed E-state index contributed by atoms with van der Waals surface area (Å²) < 4.78 is 5.18. The Kier molecular flexibility index (Phi) is 6.57. The van der Waals surface area contributed by atoms with Crippen LogP contribution in [0.2, 0.25) is 0 Å². The van der Waals surface area contributed by atoms with Crippen LogP contribution in [0.3, 0.4) is 0 Å². The number of hydrogen-bond acceptors (Lipinski definition) is 4. The topological polar surface area (TPSA) is 84.7 Å². The zero-order chi connectivity index (χ0) is 13.5. The fourth-order valence-corrected chi connectivity index (χ4v) is 1.05. The second-order valence-corrected chi connectivity index (χ2v) is 4.81. The van der Waals surface area contributed by atoms with E-state index in [1.54, 1.807) is 7.05 Å². The fourth-order valence-electron chi connectivity index (χ4n) is 1.05. The van der Waals surface area contributed by atoms with Gasteiger partial charge in [-0.2, -0.15) is 0 Å². The van der Waals surface area contributed by atoms with Crippen molar-refractivity contribution in [2.24, 2.45) is 5.73 Å². The van der Waals surface area contributed by atoms with Crippen molar-refractivity contribution in [1.29, 1.82) is 0 Å². The van der Waals surface area contributed by atoms with Gasteiger partial charge in [0.15, 0.2) is 0 Å². The third kappa shape index (κ3) is 8.50. The van der Waals surface area contributed by atoms with E-state index in [-0.39, 0.29) is 18.5 Å². The predicted octanol–water partition coefficient (Wildman–Crippen LogP) is 0.318. The summed E-state index contributed by atoms with van der Waals surface area (Å²) in [4.78, 5) is 23.9. The van der Waals surface area contributed by atoms with Gasteiger partial charge in [0.2, 0.25) is 5.91 Å². The molecule has 6 nitrogen and oxygen atoms in total. The van der Waals surface area contributed by atoms with Crippen LogP contribution < -0.4 is 11.1 Å². The van der Waals surface area contributed by atoms with Crippen molar-refractivity contribution in [1.82, 2.24) is 10.2 Å². The summed E-state index contributed by atoms with van der Waals surface area (Å²) >= 11 is 0. The highest BCUT2D eigenvalue weighted by Crippen LogP contribution is 2.08. The van der Waals surface area contributed by atoms with Crippen LogP contribution >= 0.6 is 0 Å². The molecule has 0 saturated heterocycles. The Hall–Kier alpha value is -1.30. The van der Waals surface area contributed by atoms with Crippen LogP contribution in [0, 0.1) is 0 Å². The fraction of sp³-hybridized carbons (Fsp3) is 0.818. The molecule has 0 rings (SSSR count). The molecule has 0 bridgehead atoms.